The molecule has 0 spiro atoms. The number of esters is 1. The number of hydrogen-bond acceptors (Lipinski definition) is 5. The van der Waals surface area contributed by atoms with Crippen molar-refractivity contribution in [3.63, 3.8) is 0 Å². The first kappa shape index (κ1) is 17.1. The summed E-state index contributed by atoms with van der Waals surface area (Å²) in [6.45, 7) is 3.05. The van der Waals surface area contributed by atoms with E-state index in [9.17, 15) is 4.79 Å². The van der Waals surface area contributed by atoms with E-state index in [1.807, 2.05) is 49.4 Å². The normalized spacial score (nSPS) is 15.7. The van der Waals surface area contributed by atoms with Crippen molar-refractivity contribution in [3.05, 3.63) is 53.6 Å². The van der Waals surface area contributed by atoms with Crippen LogP contribution in [0.5, 0.6) is 17.2 Å². The Balaban J connectivity index is 1.63. The lowest BCUT2D eigenvalue weighted by atomic mass is 9.96. The fourth-order valence-electron chi connectivity index (χ4n) is 2.87. The molecule has 5 nitrogen and oxygen atoms in total. The lowest BCUT2D eigenvalue weighted by molar-refractivity contribution is -0.151. The lowest BCUT2D eigenvalue weighted by Gasteiger charge is -2.24. The van der Waals surface area contributed by atoms with Gasteiger partial charge in [0.2, 0.25) is 0 Å². The standard InChI is InChI=1S/C20H22O5/c1-3-23-17-8-9-19-15(11-17)10-16(13-24-19)20(21)25-12-14-6-4-5-7-18(14)22-2/h4-9,11,16H,3,10,12-13H2,1-2H3. The molecule has 25 heavy (non-hydrogen) atoms. The Kier molecular flexibility index (Phi) is 5.43. The van der Waals surface area contributed by atoms with Crippen LogP contribution in [0.3, 0.4) is 0 Å². The monoisotopic (exact) mass is 342 g/mol. The second-order valence-corrected chi connectivity index (χ2v) is 5.83. The van der Waals surface area contributed by atoms with Crippen molar-refractivity contribution < 1.29 is 23.7 Å². The summed E-state index contributed by atoms with van der Waals surface area (Å²) in [6, 6.07) is 13.2. The maximum Gasteiger partial charge on any atom is 0.313 e. The third kappa shape index (κ3) is 4.05. The maximum absolute atomic E-state index is 12.4. The Morgan fingerprint density at radius 1 is 1.24 bits per heavy atom. The summed E-state index contributed by atoms with van der Waals surface area (Å²) in [5.41, 5.74) is 1.81. The van der Waals surface area contributed by atoms with Crippen molar-refractivity contribution in [2.24, 2.45) is 5.92 Å². The van der Waals surface area contributed by atoms with Gasteiger partial charge >= 0.3 is 5.97 Å². The first-order valence-electron chi connectivity index (χ1n) is 8.38. The summed E-state index contributed by atoms with van der Waals surface area (Å²) >= 11 is 0. The number of carbonyl (C=O) groups excluding carboxylic acids is 1. The molecule has 1 atom stereocenters. The molecule has 0 saturated carbocycles. The molecule has 0 aliphatic carbocycles. The van der Waals surface area contributed by atoms with Crippen LogP contribution in [-0.2, 0) is 22.6 Å². The van der Waals surface area contributed by atoms with Gasteiger partial charge in [-0.25, -0.2) is 0 Å². The zero-order chi connectivity index (χ0) is 17.6. The van der Waals surface area contributed by atoms with E-state index in [0.29, 0.717) is 25.4 Å². The third-order valence-electron chi connectivity index (χ3n) is 4.15. The van der Waals surface area contributed by atoms with E-state index in [0.717, 1.165) is 22.6 Å². The number of hydrogen-bond donors (Lipinski definition) is 0. The summed E-state index contributed by atoms with van der Waals surface area (Å²) in [6.07, 6.45) is 0.584. The van der Waals surface area contributed by atoms with Crippen molar-refractivity contribution in [2.45, 2.75) is 20.0 Å². The van der Waals surface area contributed by atoms with E-state index >= 15 is 0 Å². The van der Waals surface area contributed by atoms with E-state index in [-0.39, 0.29) is 18.5 Å². The lowest BCUT2D eigenvalue weighted by Crippen LogP contribution is -2.29. The topological polar surface area (TPSA) is 54.0 Å². The minimum Gasteiger partial charge on any atom is -0.496 e. The Bertz CT molecular complexity index is 741. The molecule has 0 N–H and O–H groups in total. The van der Waals surface area contributed by atoms with E-state index in [1.165, 1.54) is 0 Å². The van der Waals surface area contributed by atoms with E-state index in [2.05, 4.69) is 0 Å². The van der Waals surface area contributed by atoms with Gasteiger partial charge in [0.1, 0.15) is 30.5 Å². The molecular formula is C20H22O5. The number of ether oxygens (including phenoxy) is 4. The van der Waals surface area contributed by atoms with Crippen LogP contribution in [0.25, 0.3) is 0 Å². The second kappa shape index (κ2) is 7.92. The van der Waals surface area contributed by atoms with Crippen LogP contribution in [0, 0.1) is 5.92 Å². The van der Waals surface area contributed by atoms with Crippen molar-refractivity contribution in [2.75, 3.05) is 20.3 Å². The summed E-state index contributed by atoms with van der Waals surface area (Å²) < 4.78 is 22.0. The van der Waals surface area contributed by atoms with Crippen molar-refractivity contribution in [3.8, 4) is 17.2 Å². The molecule has 0 radical (unpaired) electrons. The molecule has 3 rings (SSSR count). The Labute approximate surface area is 147 Å². The van der Waals surface area contributed by atoms with Crippen LogP contribution in [0.2, 0.25) is 0 Å². The van der Waals surface area contributed by atoms with Gasteiger partial charge in [-0.2, -0.15) is 0 Å². The molecule has 2 aromatic carbocycles. The first-order chi connectivity index (χ1) is 12.2. The zero-order valence-corrected chi connectivity index (χ0v) is 14.5. The van der Waals surface area contributed by atoms with Crippen LogP contribution in [0.1, 0.15) is 18.1 Å². The molecule has 1 heterocycles. The Morgan fingerprint density at radius 2 is 2.08 bits per heavy atom. The highest BCUT2D eigenvalue weighted by molar-refractivity contribution is 5.73. The van der Waals surface area contributed by atoms with Gasteiger partial charge in [0.15, 0.2) is 0 Å². The molecule has 0 bridgehead atoms. The highest BCUT2D eigenvalue weighted by Gasteiger charge is 2.27. The maximum atomic E-state index is 12.4. The average Bonchev–Trinajstić information content (AvgIpc) is 2.66. The van der Waals surface area contributed by atoms with E-state index in [1.54, 1.807) is 7.11 Å². The molecule has 1 aliphatic rings. The van der Waals surface area contributed by atoms with Crippen molar-refractivity contribution >= 4 is 5.97 Å². The summed E-state index contributed by atoms with van der Waals surface area (Å²) in [7, 11) is 1.60. The highest BCUT2D eigenvalue weighted by atomic mass is 16.5. The van der Waals surface area contributed by atoms with Crippen molar-refractivity contribution in [1.29, 1.82) is 0 Å². The third-order valence-corrected chi connectivity index (χ3v) is 4.15. The van der Waals surface area contributed by atoms with Gasteiger partial charge in [0.05, 0.1) is 19.6 Å². The molecule has 0 aromatic heterocycles. The molecule has 0 amide bonds. The van der Waals surface area contributed by atoms with Gasteiger partial charge in [-0.05, 0) is 43.2 Å². The first-order valence-corrected chi connectivity index (χ1v) is 8.38. The van der Waals surface area contributed by atoms with Crippen LogP contribution in [-0.4, -0.2) is 26.3 Å². The molecule has 0 fully saturated rings. The molecule has 1 aliphatic heterocycles. The van der Waals surface area contributed by atoms with Gasteiger partial charge in [-0.15, -0.1) is 0 Å². The predicted molar refractivity (Wildman–Crippen MR) is 93.1 cm³/mol. The summed E-state index contributed by atoms with van der Waals surface area (Å²) in [5, 5.41) is 0. The largest absolute Gasteiger partial charge is 0.496 e. The molecule has 5 heteroatoms. The van der Waals surface area contributed by atoms with Gasteiger partial charge in [-0.1, -0.05) is 18.2 Å². The van der Waals surface area contributed by atoms with Gasteiger partial charge in [0.25, 0.3) is 0 Å². The quantitative estimate of drug-likeness (QED) is 0.753. The highest BCUT2D eigenvalue weighted by Crippen LogP contribution is 2.31. The van der Waals surface area contributed by atoms with Gasteiger partial charge in [0, 0.05) is 5.56 Å². The summed E-state index contributed by atoms with van der Waals surface area (Å²) in [5.74, 6) is 1.71. The second-order valence-electron chi connectivity index (χ2n) is 5.83. The minimum absolute atomic E-state index is 0.186. The number of rotatable bonds is 6. The van der Waals surface area contributed by atoms with E-state index in [4.69, 9.17) is 18.9 Å². The number of fused-ring (bicyclic) bond motifs is 1. The summed E-state index contributed by atoms with van der Waals surface area (Å²) in [4.78, 5) is 12.4. The average molecular weight is 342 g/mol. The van der Waals surface area contributed by atoms with Crippen LogP contribution in [0.4, 0.5) is 0 Å². The predicted octanol–water partition coefficient (Wildman–Crippen LogP) is 3.39. The molecule has 2 aromatic rings. The Morgan fingerprint density at radius 3 is 2.88 bits per heavy atom. The van der Waals surface area contributed by atoms with Gasteiger partial charge < -0.3 is 18.9 Å². The number of benzene rings is 2. The fraction of sp³-hybridized carbons (Fsp3) is 0.350. The number of methoxy groups -OCH3 is 1. The molecule has 0 saturated heterocycles. The molecular weight excluding hydrogens is 320 g/mol. The minimum atomic E-state index is -0.320. The molecule has 132 valence electrons. The van der Waals surface area contributed by atoms with Crippen molar-refractivity contribution in [1.82, 2.24) is 0 Å². The van der Waals surface area contributed by atoms with Crippen LogP contribution >= 0.6 is 0 Å². The van der Waals surface area contributed by atoms with Gasteiger partial charge in [-0.3, -0.25) is 4.79 Å². The Hall–Kier alpha value is -2.69. The van der Waals surface area contributed by atoms with E-state index < -0.39 is 0 Å². The zero-order valence-electron chi connectivity index (χ0n) is 14.5. The smallest absolute Gasteiger partial charge is 0.313 e. The number of carbonyl (C=O) groups is 1. The van der Waals surface area contributed by atoms with Crippen LogP contribution < -0.4 is 14.2 Å². The molecule has 1 unspecified atom stereocenters. The number of para-hydroxylation sites is 1. The fourth-order valence-corrected chi connectivity index (χ4v) is 2.87. The SMILES string of the molecule is CCOc1ccc2c(c1)CC(C(=O)OCc1ccccc1OC)CO2. The van der Waals surface area contributed by atoms with Crippen LogP contribution in [0.15, 0.2) is 42.5 Å².